The molecule has 7 heteroatoms. The molecule has 0 atom stereocenters. The predicted molar refractivity (Wildman–Crippen MR) is 107 cm³/mol. The molecule has 2 N–H and O–H groups in total. The van der Waals surface area contributed by atoms with Crippen molar-refractivity contribution in [1.29, 1.82) is 0 Å². The molecule has 2 heterocycles. The quantitative estimate of drug-likeness (QED) is 0.692. The number of carbonyl (C=O) groups is 1. The Labute approximate surface area is 160 Å². The number of aromatic nitrogens is 2. The summed E-state index contributed by atoms with van der Waals surface area (Å²) in [6.45, 7) is 3.91. The van der Waals surface area contributed by atoms with Crippen molar-refractivity contribution in [3.63, 3.8) is 0 Å². The summed E-state index contributed by atoms with van der Waals surface area (Å²) >= 11 is 7.86. The number of hydrogen-bond acceptors (Lipinski definition) is 5. The van der Waals surface area contributed by atoms with Gasteiger partial charge in [-0.15, -0.1) is 11.3 Å². The Hall–Kier alpha value is -2.18. The van der Waals surface area contributed by atoms with E-state index in [0.717, 1.165) is 40.1 Å². The highest BCUT2D eigenvalue weighted by Crippen LogP contribution is 2.39. The number of nitrogens with zero attached hydrogens (tertiary/aromatic N) is 2. The van der Waals surface area contributed by atoms with Gasteiger partial charge in [-0.1, -0.05) is 17.7 Å². The summed E-state index contributed by atoms with van der Waals surface area (Å²) in [7, 11) is 0. The molecule has 2 aromatic heterocycles. The number of anilines is 2. The van der Waals surface area contributed by atoms with E-state index in [0.29, 0.717) is 10.8 Å². The van der Waals surface area contributed by atoms with Crippen LogP contribution in [-0.2, 0) is 17.6 Å². The van der Waals surface area contributed by atoms with Crippen LogP contribution in [0.3, 0.4) is 0 Å². The molecule has 0 radical (unpaired) electrons. The Morgan fingerprint density at radius 3 is 2.96 bits per heavy atom. The lowest BCUT2D eigenvalue weighted by atomic mass is 10.2. The third-order valence-corrected chi connectivity index (χ3v) is 6.23. The van der Waals surface area contributed by atoms with Crippen molar-refractivity contribution in [2.75, 3.05) is 17.2 Å². The maximum absolute atomic E-state index is 12.4. The maximum atomic E-state index is 12.4. The zero-order valence-electron chi connectivity index (χ0n) is 14.6. The number of fused-ring (bicyclic) bond motifs is 3. The summed E-state index contributed by atoms with van der Waals surface area (Å²) in [6.07, 6.45) is 3.35. The van der Waals surface area contributed by atoms with Gasteiger partial charge in [0.15, 0.2) is 0 Å². The van der Waals surface area contributed by atoms with Gasteiger partial charge in [0.2, 0.25) is 5.91 Å². The smallest absolute Gasteiger partial charge is 0.243 e. The van der Waals surface area contributed by atoms with Gasteiger partial charge in [-0.3, -0.25) is 4.79 Å². The molecule has 134 valence electrons. The molecule has 0 saturated carbocycles. The van der Waals surface area contributed by atoms with Gasteiger partial charge in [-0.05, 0) is 56.4 Å². The Bertz CT molecular complexity index is 1010. The Morgan fingerprint density at radius 1 is 1.27 bits per heavy atom. The van der Waals surface area contributed by atoms with E-state index in [-0.39, 0.29) is 12.5 Å². The van der Waals surface area contributed by atoms with Crippen LogP contribution >= 0.6 is 22.9 Å². The Morgan fingerprint density at radius 2 is 2.12 bits per heavy atom. The van der Waals surface area contributed by atoms with Crippen molar-refractivity contribution < 1.29 is 4.79 Å². The van der Waals surface area contributed by atoms with Crippen molar-refractivity contribution >= 4 is 50.6 Å². The average molecular weight is 387 g/mol. The van der Waals surface area contributed by atoms with E-state index in [1.165, 1.54) is 16.9 Å². The lowest BCUT2D eigenvalue weighted by Crippen LogP contribution is -2.23. The van der Waals surface area contributed by atoms with Gasteiger partial charge in [-0.2, -0.15) is 0 Å². The minimum Gasteiger partial charge on any atom is -0.360 e. The fourth-order valence-corrected chi connectivity index (χ4v) is 4.81. The predicted octanol–water partition coefficient (Wildman–Crippen LogP) is 4.50. The lowest BCUT2D eigenvalue weighted by molar-refractivity contribution is -0.114. The number of hydrogen-bond donors (Lipinski definition) is 2. The first-order valence-electron chi connectivity index (χ1n) is 8.60. The highest BCUT2D eigenvalue weighted by atomic mass is 35.5. The number of benzene rings is 1. The number of carbonyl (C=O) groups excluding carboxylic acids is 1. The molecule has 0 spiro atoms. The summed E-state index contributed by atoms with van der Waals surface area (Å²) in [5.41, 5.74) is 2.93. The SMILES string of the molecule is Cc1nc(NCC(=O)Nc2cccc(Cl)c2C)c2c3c(sc2n1)CCC3. The number of aryl methyl sites for hydroxylation is 3. The largest absolute Gasteiger partial charge is 0.360 e. The molecule has 1 aliphatic carbocycles. The highest BCUT2D eigenvalue weighted by molar-refractivity contribution is 7.19. The van der Waals surface area contributed by atoms with Gasteiger partial charge in [0.05, 0.1) is 11.9 Å². The van der Waals surface area contributed by atoms with Crippen LogP contribution in [-0.4, -0.2) is 22.4 Å². The van der Waals surface area contributed by atoms with Crippen LogP contribution < -0.4 is 10.6 Å². The lowest BCUT2D eigenvalue weighted by Gasteiger charge is -2.11. The van der Waals surface area contributed by atoms with Crippen molar-refractivity contribution in [3.05, 3.63) is 45.1 Å². The number of rotatable bonds is 4. The summed E-state index contributed by atoms with van der Waals surface area (Å²) < 4.78 is 0. The molecule has 0 aliphatic heterocycles. The third kappa shape index (κ3) is 3.15. The molecule has 1 aliphatic rings. The highest BCUT2D eigenvalue weighted by Gasteiger charge is 2.22. The number of thiophene rings is 1. The number of amides is 1. The van der Waals surface area contributed by atoms with E-state index in [4.69, 9.17) is 11.6 Å². The van der Waals surface area contributed by atoms with Crippen LogP contribution in [0.5, 0.6) is 0 Å². The van der Waals surface area contributed by atoms with Crippen molar-refractivity contribution in [2.24, 2.45) is 0 Å². The Balaban J connectivity index is 1.54. The van der Waals surface area contributed by atoms with Crippen LogP contribution in [0.1, 0.15) is 28.2 Å². The second-order valence-electron chi connectivity index (χ2n) is 6.47. The van der Waals surface area contributed by atoms with Crippen molar-refractivity contribution in [3.8, 4) is 0 Å². The summed E-state index contributed by atoms with van der Waals surface area (Å²) in [4.78, 5) is 23.9. The van der Waals surface area contributed by atoms with Crippen LogP contribution in [0.4, 0.5) is 11.5 Å². The zero-order chi connectivity index (χ0) is 18.3. The molecule has 5 nitrogen and oxygen atoms in total. The maximum Gasteiger partial charge on any atom is 0.243 e. The van der Waals surface area contributed by atoms with E-state index >= 15 is 0 Å². The van der Waals surface area contributed by atoms with Gasteiger partial charge < -0.3 is 10.6 Å². The monoisotopic (exact) mass is 386 g/mol. The molecular formula is C19H19ClN4OS. The topological polar surface area (TPSA) is 66.9 Å². The van der Waals surface area contributed by atoms with Crippen LogP contribution in [0.25, 0.3) is 10.2 Å². The zero-order valence-corrected chi connectivity index (χ0v) is 16.2. The second kappa shape index (κ2) is 6.85. The molecule has 0 unspecified atom stereocenters. The average Bonchev–Trinajstić information content (AvgIpc) is 3.17. The minimum atomic E-state index is -0.133. The first-order valence-corrected chi connectivity index (χ1v) is 9.80. The third-order valence-electron chi connectivity index (χ3n) is 4.63. The molecule has 1 aromatic carbocycles. The van der Waals surface area contributed by atoms with Crippen molar-refractivity contribution in [2.45, 2.75) is 33.1 Å². The molecule has 26 heavy (non-hydrogen) atoms. The molecule has 1 amide bonds. The molecule has 0 saturated heterocycles. The van der Waals surface area contributed by atoms with E-state index < -0.39 is 0 Å². The van der Waals surface area contributed by atoms with E-state index in [1.54, 1.807) is 11.3 Å². The van der Waals surface area contributed by atoms with Gasteiger partial charge in [0.1, 0.15) is 16.5 Å². The number of nitrogens with one attached hydrogen (secondary N) is 2. The fraction of sp³-hybridized carbons (Fsp3) is 0.316. The van der Waals surface area contributed by atoms with Crippen LogP contribution in [0.2, 0.25) is 5.02 Å². The van der Waals surface area contributed by atoms with Crippen LogP contribution in [0.15, 0.2) is 18.2 Å². The summed E-state index contributed by atoms with van der Waals surface area (Å²) in [5, 5.41) is 7.83. The van der Waals surface area contributed by atoms with Crippen LogP contribution in [0, 0.1) is 13.8 Å². The summed E-state index contributed by atoms with van der Waals surface area (Å²) in [6, 6.07) is 5.48. The molecule has 0 fully saturated rings. The molecular weight excluding hydrogens is 368 g/mol. The number of halogens is 1. The standard InChI is InChI=1S/C19H19ClN4OS/c1-10-13(20)6-4-7-14(10)24-16(25)9-21-18-17-12-5-3-8-15(12)26-19(17)23-11(2)22-18/h4,6-7H,3,5,8-9H2,1-2H3,(H,24,25)(H,21,22,23). The normalized spacial score (nSPS) is 13.0. The first-order chi connectivity index (χ1) is 12.5. The fourth-order valence-electron chi connectivity index (χ4n) is 3.33. The van der Waals surface area contributed by atoms with E-state index in [9.17, 15) is 4.79 Å². The van der Waals surface area contributed by atoms with Crippen molar-refractivity contribution in [1.82, 2.24) is 9.97 Å². The van der Waals surface area contributed by atoms with Gasteiger partial charge in [0, 0.05) is 15.6 Å². The first kappa shape index (κ1) is 17.2. The van der Waals surface area contributed by atoms with E-state index in [1.807, 2.05) is 32.0 Å². The second-order valence-corrected chi connectivity index (χ2v) is 7.96. The van der Waals surface area contributed by atoms with Gasteiger partial charge in [0.25, 0.3) is 0 Å². The Kier molecular flexibility index (Phi) is 4.54. The molecule has 3 aromatic rings. The van der Waals surface area contributed by atoms with E-state index in [2.05, 4.69) is 20.6 Å². The molecule has 4 rings (SSSR count). The van der Waals surface area contributed by atoms with Gasteiger partial charge in [-0.25, -0.2) is 9.97 Å². The summed E-state index contributed by atoms with van der Waals surface area (Å²) in [5.74, 6) is 1.34. The van der Waals surface area contributed by atoms with Gasteiger partial charge >= 0.3 is 0 Å². The molecule has 0 bridgehead atoms. The minimum absolute atomic E-state index is 0.133.